The fourth-order valence-corrected chi connectivity index (χ4v) is 3.06. The molecule has 0 aliphatic rings. The van der Waals surface area contributed by atoms with Crippen LogP contribution in [0.15, 0.2) is 48.5 Å². The summed E-state index contributed by atoms with van der Waals surface area (Å²) >= 11 is 0. The molecular formula is C19H23N3O. The van der Waals surface area contributed by atoms with Gasteiger partial charge in [0.1, 0.15) is 11.6 Å². The molecule has 0 fully saturated rings. The standard InChI is InChI=1S/C19H23N3O/c1-3-22-18-7-5-4-6-17(18)21-19(22)15(13-20)12-14-8-10-16(23-2)11-9-14/h4-11,15H,3,12-13,20H2,1-2H3. The average molecular weight is 309 g/mol. The summed E-state index contributed by atoms with van der Waals surface area (Å²) in [6, 6.07) is 16.4. The third kappa shape index (κ3) is 3.08. The van der Waals surface area contributed by atoms with Crippen LogP contribution in [0.4, 0.5) is 0 Å². The Bertz CT molecular complexity index is 777. The quantitative estimate of drug-likeness (QED) is 0.759. The molecule has 23 heavy (non-hydrogen) atoms. The number of benzene rings is 2. The topological polar surface area (TPSA) is 53.1 Å². The molecule has 0 amide bonds. The van der Waals surface area contributed by atoms with Crippen molar-refractivity contribution >= 4 is 11.0 Å². The van der Waals surface area contributed by atoms with E-state index in [0.29, 0.717) is 6.54 Å². The first-order chi connectivity index (χ1) is 11.3. The number of nitrogens with zero attached hydrogens (tertiary/aromatic N) is 2. The van der Waals surface area contributed by atoms with Crippen LogP contribution in [-0.2, 0) is 13.0 Å². The number of imidazole rings is 1. The second kappa shape index (κ2) is 6.84. The van der Waals surface area contributed by atoms with Crippen molar-refractivity contribution in [2.75, 3.05) is 13.7 Å². The van der Waals surface area contributed by atoms with Crippen molar-refractivity contribution in [3.63, 3.8) is 0 Å². The van der Waals surface area contributed by atoms with Gasteiger partial charge < -0.3 is 15.0 Å². The van der Waals surface area contributed by atoms with Gasteiger partial charge in [-0.15, -0.1) is 0 Å². The fourth-order valence-electron chi connectivity index (χ4n) is 3.06. The number of para-hydroxylation sites is 2. The van der Waals surface area contributed by atoms with Gasteiger partial charge in [0.15, 0.2) is 0 Å². The number of hydrogen-bond donors (Lipinski definition) is 1. The lowest BCUT2D eigenvalue weighted by molar-refractivity contribution is 0.414. The van der Waals surface area contributed by atoms with E-state index in [9.17, 15) is 0 Å². The van der Waals surface area contributed by atoms with Gasteiger partial charge in [0.05, 0.1) is 18.1 Å². The van der Waals surface area contributed by atoms with Crippen LogP contribution in [0, 0.1) is 0 Å². The molecule has 2 N–H and O–H groups in total. The molecule has 0 saturated carbocycles. The number of aromatic nitrogens is 2. The molecule has 1 atom stereocenters. The first kappa shape index (κ1) is 15.6. The Kier molecular flexibility index (Phi) is 4.63. The van der Waals surface area contributed by atoms with E-state index in [2.05, 4.69) is 41.8 Å². The van der Waals surface area contributed by atoms with Gasteiger partial charge in [0, 0.05) is 19.0 Å². The van der Waals surface area contributed by atoms with Crippen LogP contribution in [0.25, 0.3) is 11.0 Å². The monoisotopic (exact) mass is 309 g/mol. The zero-order chi connectivity index (χ0) is 16.2. The highest BCUT2D eigenvalue weighted by atomic mass is 16.5. The molecule has 0 bridgehead atoms. The van der Waals surface area contributed by atoms with Crippen LogP contribution < -0.4 is 10.5 Å². The Morgan fingerprint density at radius 1 is 1.13 bits per heavy atom. The van der Waals surface area contributed by atoms with Crippen molar-refractivity contribution in [1.29, 1.82) is 0 Å². The van der Waals surface area contributed by atoms with Crippen LogP contribution >= 0.6 is 0 Å². The molecule has 0 spiro atoms. The summed E-state index contributed by atoms with van der Waals surface area (Å²) in [4.78, 5) is 4.84. The molecule has 0 radical (unpaired) electrons. The van der Waals surface area contributed by atoms with E-state index < -0.39 is 0 Å². The Morgan fingerprint density at radius 2 is 1.87 bits per heavy atom. The number of nitrogens with two attached hydrogens (primary N) is 1. The first-order valence-corrected chi connectivity index (χ1v) is 8.05. The van der Waals surface area contributed by atoms with Crippen molar-refractivity contribution in [3.05, 3.63) is 59.9 Å². The zero-order valence-electron chi connectivity index (χ0n) is 13.7. The van der Waals surface area contributed by atoms with Crippen LogP contribution in [0.1, 0.15) is 24.2 Å². The Labute approximate surface area is 136 Å². The SMILES string of the molecule is CCn1c(C(CN)Cc2ccc(OC)cc2)nc2ccccc21. The number of ether oxygens (including phenoxy) is 1. The molecule has 0 aliphatic carbocycles. The van der Waals surface area contributed by atoms with E-state index >= 15 is 0 Å². The highest BCUT2D eigenvalue weighted by Crippen LogP contribution is 2.25. The summed E-state index contributed by atoms with van der Waals surface area (Å²) in [5.74, 6) is 2.15. The third-order valence-corrected chi connectivity index (χ3v) is 4.29. The summed E-state index contributed by atoms with van der Waals surface area (Å²) < 4.78 is 7.49. The van der Waals surface area contributed by atoms with E-state index in [-0.39, 0.29) is 5.92 Å². The van der Waals surface area contributed by atoms with Gasteiger partial charge in [-0.3, -0.25) is 0 Å². The van der Waals surface area contributed by atoms with Gasteiger partial charge in [-0.05, 0) is 43.2 Å². The Morgan fingerprint density at radius 3 is 2.52 bits per heavy atom. The van der Waals surface area contributed by atoms with Crippen molar-refractivity contribution in [1.82, 2.24) is 9.55 Å². The molecule has 3 rings (SSSR count). The molecule has 120 valence electrons. The molecule has 2 aromatic carbocycles. The number of fused-ring (bicyclic) bond motifs is 1. The maximum Gasteiger partial charge on any atom is 0.118 e. The number of aryl methyl sites for hydroxylation is 1. The zero-order valence-corrected chi connectivity index (χ0v) is 13.7. The summed E-state index contributed by atoms with van der Waals surface area (Å²) in [6.45, 7) is 3.63. The van der Waals surface area contributed by atoms with Crippen LogP contribution in [0.2, 0.25) is 0 Å². The number of rotatable bonds is 6. The molecule has 1 unspecified atom stereocenters. The molecule has 0 saturated heterocycles. The smallest absolute Gasteiger partial charge is 0.118 e. The minimum absolute atomic E-state index is 0.204. The predicted molar refractivity (Wildman–Crippen MR) is 93.9 cm³/mol. The minimum atomic E-state index is 0.204. The summed E-state index contributed by atoms with van der Waals surface area (Å²) in [5, 5.41) is 0. The lowest BCUT2D eigenvalue weighted by Crippen LogP contribution is -2.19. The highest BCUT2D eigenvalue weighted by Gasteiger charge is 2.19. The molecule has 1 heterocycles. The molecule has 1 aromatic heterocycles. The summed E-state index contributed by atoms with van der Waals surface area (Å²) in [6.07, 6.45) is 0.879. The predicted octanol–water partition coefficient (Wildman–Crippen LogP) is 3.35. The number of methoxy groups -OCH3 is 1. The molecule has 4 nitrogen and oxygen atoms in total. The Hall–Kier alpha value is -2.33. The lowest BCUT2D eigenvalue weighted by Gasteiger charge is -2.16. The van der Waals surface area contributed by atoms with Gasteiger partial charge in [-0.2, -0.15) is 0 Å². The maximum absolute atomic E-state index is 6.08. The molecule has 3 aromatic rings. The second-order valence-electron chi connectivity index (χ2n) is 5.69. The maximum atomic E-state index is 6.08. The van der Waals surface area contributed by atoms with Gasteiger partial charge in [-0.1, -0.05) is 24.3 Å². The van der Waals surface area contributed by atoms with E-state index in [0.717, 1.165) is 30.1 Å². The summed E-state index contributed by atoms with van der Waals surface area (Å²) in [5.41, 5.74) is 9.54. The second-order valence-corrected chi connectivity index (χ2v) is 5.69. The molecule has 0 aliphatic heterocycles. The fraction of sp³-hybridized carbons (Fsp3) is 0.316. The minimum Gasteiger partial charge on any atom is -0.497 e. The first-order valence-electron chi connectivity index (χ1n) is 8.05. The van der Waals surface area contributed by atoms with E-state index in [1.54, 1.807) is 7.11 Å². The van der Waals surface area contributed by atoms with Crippen molar-refractivity contribution < 1.29 is 4.74 Å². The van der Waals surface area contributed by atoms with E-state index in [4.69, 9.17) is 15.5 Å². The van der Waals surface area contributed by atoms with E-state index in [1.165, 1.54) is 11.1 Å². The molecule has 4 heteroatoms. The van der Waals surface area contributed by atoms with Crippen molar-refractivity contribution in [2.45, 2.75) is 25.8 Å². The van der Waals surface area contributed by atoms with Crippen molar-refractivity contribution in [2.24, 2.45) is 5.73 Å². The largest absolute Gasteiger partial charge is 0.497 e. The lowest BCUT2D eigenvalue weighted by atomic mass is 9.98. The molecular weight excluding hydrogens is 286 g/mol. The van der Waals surface area contributed by atoms with Gasteiger partial charge in [0.25, 0.3) is 0 Å². The van der Waals surface area contributed by atoms with Crippen molar-refractivity contribution in [3.8, 4) is 5.75 Å². The third-order valence-electron chi connectivity index (χ3n) is 4.29. The normalized spacial score (nSPS) is 12.5. The highest BCUT2D eigenvalue weighted by molar-refractivity contribution is 5.76. The van der Waals surface area contributed by atoms with Crippen LogP contribution in [0.5, 0.6) is 5.75 Å². The number of hydrogen-bond acceptors (Lipinski definition) is 3. The van der Waals surface area contributed by atoms with Gasteiger partial charge in [-0.25, -0.2) is 4.98 Å². The van der Waals surface area contributed by atoms with Gasteiger partial charge >= 0.3 is 0 Å². The van der Waals surface area contributed by atoms with E-state index in [1.807, 2.05) is 18.2 Å². The summed E-state index contributed by atoms with van der Waals surface area (Å²) in [7, 11) is 1.68. The average Bonchev–Trinajstić information content (AvgIpc) is 2.98. The van der Waals surface area contributed by atoms with Crippen LogP contribution in [-0.4, -0.2) is 23.2 Å². The van der Waals surface area contributed by atoms with Gasteiger partial charge in [0.2, 0.25) is 0 Å². The Balaban J connectivity index is 1.93. The van der Waals surface area contributed by atoms with Crippen LogP contribution in [0.3, 0.4) is 0 Å².